The topological polar surface area (TPSA) is 59.8 Å². The van der Waals surface area contributed by atoms with E-state index in [0.29, 0.717) is 16.6 Å². The van der Waals surface area contributed by atoms with Crippen LogP contribution in [-0.2, 0) is 17.6 Å². The quantitative estimate of drug-likeness (QED) is 0.598. The predicted octanol–water partition coefficient (Wildman–Crippen LogP) is 4.29. The van der Waals surface area contributed by atoms with Gasteiger partial charge in [-0.3, -0.25) is 4.79 Å². The number of anilines is 1. The van der Waals surface area contributed by atoms with Crippen LogP contribution >= 0.6 is 23.5 Å². The summed E-state index contributed by atoms with van der Waals surface area (Å²) in [5.41, 5.74) is 1.80. The molecule has 1 aromatic heterocycles. The lowest BCUT2D eigenvalue weighted by atomic mass is 10.2. The Morgan fingerprint density at radius 2 is 1.78 bits per heavy atom. The van der Waals surface area contributed by atoms with Crippen molar-refractivity contribution in [3.63, 3.8) is 0 Å². The van der Waals surface area contributed by atoms with Gasteiger partial charge in [0.2, 0.25) is 5.91 Å². The van der Waals surface area contributed by atoms with Crippen molar-refractivity contribution in [3.8, 4) is 0 Å². The number of aryl methyl sites for hydroxylation is 1. The fourth-order valence-electron chi connectivity index (χ4n) is 2.24. The lowest BCUT2D eigenvalue weighted by molar-refractivity contribution is -0.113. The molecular weight excluding hydrogens is 383 g/mol. The minimum absolute atomic E-state index is 0.176. The molecular formula is C19H19FN4OS2. The summed E-state index contributed by atoms with van der Waals surface area (Å²) >= 11 is 3.01. The first-order chi connectivity index (χ1) is 13.0. The summed E-state index contributed by atoms with van der Waals surface area (Å²) in [6.45, 7) is 2.06. The van der Waals surface area contributed by atoms with Gasteiger partial charge in [-0.2, -0.15) is 0 Å². The summed E-state index contributed by atoms with van der Waals surface area (Å²) in [5.74, 6) is 1.24. The van der Waals surface area contributed by atoms with Gasteiger partial charge in [0.25, 0.3) is 0 Å². The van der Waals surface area contributed by atoms with Crippen LogP contribution in [0.4, 0.5) is 10.1 Å². The Labute approximate surface area is 165 Å². The number of hydrogen-bond donors (Lipinski definition) is 1. The first-order valence-corrected chi connectivity index (χ1v) is 10.2. The van der Waals surface area contributed by atoms with E-state index >= 15 is 0 Å². The number of rotatable bonds is 7. The second kappa shape index (κ2) is 9.05. The van der Waals surface area contributed by atoms with Gasteiger partial charge in [-0.15, -0.1) is 22.0 Å². The zero-order chi connectivity index (χ0) is 19.2. The Morgan fingerprint density at radius 3 is 2.48 bits per heavy atom. The third-order valence-electron chi connectivity index (χ3n) is 3.77. The molecule has 1 heterocycles. The Balaban J connectivity index is 1.51. The summed E-state index contributed by atoms with van der Waals surface area (Å²) in [6.07, 6.45) is 0. The maximum absolute atomic E-state index is 12.9. The molecule has 0 radical (unpaired) electrons. The van der Waals surface area contributed by atoms with E-state index in [9.17, 15) is 9.18 Å². The second-order valence-electron chi connectivity index (χ2n) is 5.90. The van der Waals surface area contributed by atoms with Crippen molar-refractivity contribution in [3.05, 3.63) is 65.7 Å². The SMILES string of the molecule is Cc1ccc(SCc2nnc(SCC(=O)Nc3ccc(F)cc3)n2C)cc1. The van der Waals surface area contributed by atoms with Crippen molar-refractivity contribution in [1.82, 2.24) is 14.8 Å². The summed E-state index contributed by atoms with van der Waals surface area (Å²) in [4.78, 5) is 13.2. The van der Waals surface area contributed by atoms with Crippen LogP contribution in [0.1, 0.15) is 11.4 Å². The smallest absolute Gasteiger partial charge is 0.234 e. The molecule has 2 aromatic carbocycles. The average Bonchev–Trinajstić information content (AvgIpc) is 3.01. The molecule has 1 amide bonds. The molecule has 0 aliphatic carbocycles. The number of hydrogen-bond acceptors (Lipinski definition) is 5. The third-order valence-corrected chi connectivity index (χ3v) is 5.80. The van der Waals surface area contributed by atoms with Crippen LogP contribution in [0, 0.1) is 12.7 Å². The molecule has 0 aliphatic heterocycles. The summed E-state index contributed by atoms with van der Waals surface area (Å²) in [5, 5.41) is 11.8. The molecule has 5 nitrogen and oxygen atoms in total. The summed E-state index contributed by atoms with van der Waals surface area (Å²) in [7, 11) is 1.89. The van der Waals surface area contributed by atoms with E-state index < -0.39 is 0 Å². The van der Waals surface area contributed by atoms with Gasteiger partial charge in [0, 0.05) is 17.6 Å². The number of amides is 1. The molecule has 0 fully saturated rings. The standard InChI is InChI=1S/C19H19FN4OS2/c1-13-3-9-16(10-4-13)26-11-17-22-23-19(24(17)2)27-12-18(25)21-15-7-5-14(20)6-8-15/h3-10H,11-12H2,1-2H3,(H,21,25). The molecule has 3 aromatic rings. The van der Waals surface area contributed by atoms with Crippen molar-refractivity contribution in [2.45, 2.75) is 22.7 Å². The van der Waals surface area contributed by atoms with Crippen LogP contribution in [0.3, 0.4) is 0 Å². The summed E-state index contributed by atoms with van der Waals surface area (Å²) in [6, 6.07) is 14.0. The van der Waals surface area contributed by atoms with E-state index in [2.05, 4.69) is 46.7 Å². The van der Waals surface area contributed by atoms with Gasteiger partial charge >= 0.3 is 0 Å². The Kier molecular flexibility index (Phi) is 6.52. The number of thioether (sulfide) groups is 2. The molecule has 0 saturated heterocycles. The number of nitrogens with one attached hydrogen (secondary N) is 1. The van der Waals surface area contributed by atoms with Crippen LogP contribution in [0.5, 0.6) is 0 Å². The van der Waals surface area contributed by atoms with E-state index in [0.717, 1.165) is 5.82 Å². The molecule has 0 unspecified atom stereocenters. The fourth-order valence-corrected chi connectivity index (χ4v) is 3.84. The fraction of sp³-hybridized carbons (Fsp3) is 0.211. The van der Waals surface area contributed by atoms with Gasteiger partial charge in [-0.05, 0) is 43.3 Å². The highest BCUT2D eigenvalue weighted by molar-refractivity contribution is 7.99. The van der Waals surface area contributed by atoms with Gasteiger partial charge in [-0.25, -0.2) is 4.39 Å². The number of halogens is 1. The first-order valence-electron chi connectivity index (χ1n) is 8.27. The van der Waals surface area contributed by atoms with Gasteiger partial charge in [0.1, 0.15) is 11.6 Å². The predicted molar refractivity (Wildman–Crippen MR) is 107 cm³/mol. The molecule has 0 spiro atoms. The highest BCUT2D eigenvalue weighted by Gasteiger charge is 2.12. The number of aromatic nitrogens is 3. The van der Waals surface area contributed by atoms with Crippen LogP contribution in [0.15, 0.2) is 58.6 Å². The van der Waals surface area contributed by atoms with Crippen LogP contribution < -0.4 is 5.32 Å². The van der Waals surface area contributed by atoms with Crippen LogP contribution in [-0.4, -0.2) is 26.4 Å². The molecule has 0 bridgehead atoms. The lowest BCUT2D eigenvalue weighted by Gasteiger charge is -2.06. The monoisotopic (exact) mass is 402 g/mol. The Bertz CT molecular complexity index is 910. The zero-order valence-corrected chi connectivity index (χ0v) is 16.6. The third kappa shape index (κ3) is 5.58. The molecule has 3 rings (SSSR count). The first kappa shape index (κ1) is 19.4. The molecule has 8 heteroatoms. The van der Waals surface area contributed by atoms with Crippen LogP contribution in [0.25, 0.3) is 0 Å². The maximum Gasteiger partial charge on any atom is 0.234 e. The molecule has 27 heavy (non-hydrogen) atoms. The normalized spacial score (nSPS) is 10.8. The number of carbonyl (C=O) groups is 1. The van der Waals surface area contributed by atoms with Crippen LogP contribution in [0.2, 0.25) is 0 Å². The van der Waals surface area contributed by atoms with Crippen molar-refractivity contribution < 1.29 is 9.18 Å². The number of benzene rings is 2. The van der Waals surface area contributed by atoms with E-state index in [1.54, 1.807) is 11.8 Å². The van der Waals surface area contributed by atoms with Gasteiger partial charge in [0.15, 0.2) is 5.16 Å². The highest BCUT2D eigenvalue weighted by Crippen LogP contribution is 2.24. The van der Waals surface area contributed by atoms with Crippen molar-refractivity contribution in [2.24, 2.45) is 7.05 Å². The van der Waals surface area contributed by atoms with Crippen molar-refractivity contribution >= 4 is 35.1 Å². The van der Waals surface area contributed by atoms with Gasteiger partial charge < -0.3 is 9.88 Å². The average molecular weight is 403 g/mol. The van der Waals surface area contributed by atoms with Crippen molar-refractivity contribution in [1.29, 1.82) is 0 Å². The number of carbonyl (C=O) groups excluding carboxylic acids is 1. The Hall–Kier alpha value is -2.32. The largest absolute Gasteiger partial charge is 0.325 e. The maximum atomic E-state index is 12.9. The van der Waals surface area contributed by atoms with Crippen molar-refractivity contribution in [2.75, 3.05) is 11.1 Å². The molecule has 0 atom stereocenters. The minimum Gasteiger partial charge on any atom is -0.325 e. The van der Waals surface area contributed by atoms with Gasteiger partial charge in [0.05, 0.1) is 11.5 Å². The molecule has 0 aliphatic rings. The number of nitrogens with zero attached hydrogens (tertiary/aromatic N) is 3. The Morgan fingerprint density at radius 1 is 1.07 bits per heavy atom. The molecule has 0 saturated carbocycles. The van der Waals surface area contributed by atoms with E-state index in [1.807, 2.05) is 11.6 Å². The molecule has 140 valence electrons. The van der Waals surface area contributed by atoms with E-state index in [1.165, 1.54) is 46.5 Å². The van der Waals surface area contributed by atoms with Gasteiger partial charge in [-0.1, -0.05) is 29.5 Å². The van der Waals surface area contributed by atoms with E-state index in [4.69, 9.17) is 0 Å². The van der Waals surface area contributed by atoms with E-state index in [-0.39, 0.29) is 17.5 Å². The second-order valence-corrected chi connectivity index (χ2v) is 7.89. The summed E-state index contributed by atoms with van der Waals surface area (Å²) < 4.78 is 14.8. The zero-order valence-electron chi connectivity index (χ0n) is 15.0. The highest BCUT2D eigenvalue weighted by atomic mass is 32.2. The molecule has 1 N–H and O–H groups in total. The lowest BCUT2D eigenvalue weighted by Crippen LogP contribution is -2.14. The minimum atomic E-state index is -0.336.